The summed E-state index contributed by atoms with van der Waals surface area (Å²) in [7, 11) is 3.21. The Labute approximate surface area is 284 Å². The van der Waals surface area contributed by atoms with Crippen LogP contribution in [0.25, 0.3) is 6.08 Å². The van der Waals surface area contributed by atoms with Crippen LogP contribution in [-0.4, -0.2) is 56.4 Å². The molecule has 1 heterocycles. The number of ether oxygens (including phenoxy) is 4. The summed E-state index contributed by atoms with van der Waals surface area (Å²) in [6.07, 6.45) is 4.74. The third-order valence-corrected chi connectivity index (χ3v) is 8.42. The molecule has 1 amide bonds. The maximum atomic E-state index is 14.4. The van der Waals surface area contributed by atoms with Crippen LogP contribution < -0.4 is 19.5 Å². The van der Waals surface area contributed by atoms with E-state index < -0.39 is 11.6 Å². The van der Waals surface area contributed by atoms with Crippen molar-refractivity contribution in [2.24, 2.45) is 4.99 Å². The van der Waals surface area contributed by atoms with Crippen molar-refractivity contribution in [1.82, 2.24) is 5.32 Å². The first kappa shape index (κ1) is 33.8. The number of aliphatic hydroxyl groups excluding tert-OH is 1. The lowest BCUT2D eigenvalue weighted by Crippen LogP contribution is -2.48. The average Bonchev–Trinajstić information content (AvgIpc) is 3.50. The predicted octanol–water partition coefficient (Wildman–Crippen LogP) is 6.95. The van der Waals surface area contributed by atoms with Gasteiger partial charge in [0.25, 0.3) is 5.91 Å². The Morgan fingerprint density at radius 3 is 2.43 bits per heavy atom. The minimum atomic E-state index is -1.29. The standard InChI is InChI=1S/C38H39BrN2O6/c1-44-33-20-11-28(26-34(33)45-2)21-23-40-37(43)38(22-6-10-27-8-4-3-5-9-27)35(29-12-16-31(39)17-13-29)47-36(41-38)30-14-18-32(19-15-30)46-25-7-24-42/h3-6,8-20,26,35,42H,7,21-25H2,1-2H3,(H,40,43)/b10-6+/t35-,38-/m1/s1. The topological polar surface area (TPSA) is 98.6 Å². The number of carbonyl (C=O) groups excluding carboxylic acids is 1. The van der Waals surface area contributed by atoms with Crippen LogP contribution >= 0.6 is 15.9 Å². The Bertz CT molecular complexity index is 1680. The van der Waals surface area contributed by atoms with Gasteiger partial charge in [0, 0.05) is 36.0 Å². The number of aliphatic hydroxyl groups is 1. The zero-order valence-corrected chi connectivity index (χ0v) is 28.1. The van der Waals surface area contributed by atoms with Crippen LogP contribution in [0.3, 0.4) is 0 Å². The lowest BCUT2D eigenvalue weighted by molar-refractivity contribution is -0.128. The Morgan fingerprint density at radius 1 is 0.979 bits per heavy atom. The van der Waals surface area contributed by atoms with Crippen LogP contribution in [0.4, 0.5) is 0 Å². The molecule has 0 radical (unpaired) electrons. The fourth-order valence-corrected chi connectivity index (χ4v) is 5.67. The molecular formula is C38H39BrN2O6. The van der Waals surface area contributed by atoms with Crippen LogP contribution in [0.5, 0.6) is 17.2 Å². The van der Waals surface area contributed by atoms with Crippen molar-refractivity contribution in [3.05, 3.63) is 130 Å². The SMILES string of the molecule is COc1ccc(CCNC(=O)[C@]2(C/C=C/c3ccccc3)N=C(c3ccc(OCCCO)cc3)O[C@@H]2c2ccc(Br)cc2)cc1OC. The van der Waals surface area contributed by atoms with Crippen LogP contribution in [0.1, 0.15) is 41.2 Å². The van der Waals surface area contributed by atoms with Gasteiger partial charge in [-0.1, -0.05) is 76.6 Å². The molecule has 4 aromatic rings. The number of amides is 1. The molecule has 0 aromatic heterocycles. The van der Waals surface area contributed by atoms with Crippen LogP contribution in [0, 0.1) is 0 Å². The molecule has 9 heteroatoms. The Balaban J connectivity index is 1.47. The molecule has 2 N–H and O–H groups in total. The molecule has 8 nitrogen and oxygen atoms in total. The first-order valence-corrected chi connectivity index (χ1v) is 16.3. The molecule has 0 bridgehead atoms. The van der Waals surface area contributed by atoms with E-state index in [1.54, 1.807) is 14.2 Å². The van der Waals surface area contributed by atoms with E-state index >= 15 is 0 Å². The summed E-state index contributed by atoms with van der Waals surface area (Å²) in [5.41, 5.74) is 2.30. The smallest absolute Gasteiger partial charge is 0.252 e. The molecular weight excluding hydrogens is 660 g/mol. The molecule has 0 fully saturated rings. The van der Waals surface area contributed by atoms with E-state index in [1.165, 1.54) is 0 Å². The minimum absolute atomic E-state index is 0.0668. The third-order valence-electron chi connectivity index (χ3n) is 7.89. The number of methoxy groups -OCH3 is 2. The molecule has 4 aromatic carbocycles. The van der Waals surface area contributed by atoms with Crippen LogP contribution in [0.15, 0.2) is 113 Å². The van der Waals surface area contributed by atoms with E-state index in [1.807, 2.05) is 109 Å². The second kappa shape index (κ2) is 16.3. The summed E-state index contributed by atoms with van der Waals surface area (Å²) in [6.45, 7) is 0.868. The van der Waals surface area contributed by atoms with Gasteiger partial charge in [-0.15, -0.1) is 0 Å². The van der Waals surface area contributed by atoms with Gasteiger partial charge in [0.15, 0.2) is 23.1 Å². The van der Waals surface area contributed by atoms with Gasteiger partial charge in [-0.05, 0) is 71.6 Å². The molecule has 1 aliphatic rings. The maximum Gasteiger partial charge on any atom is 0.252 e. The molecule has 0 spiro atoms. The zero-order chi connectivity index (χ0) is 33.1. The molecule has 244 valence electrons. The van der Waals surface area contributed by atoms with E-state index in [0.29, 0.717) is 55.6 Å². The second-order valence-corrected chi connectivity index (χ2v) is 12.0. The Kier molecular flexibility index (Phi) is 11.7. The van der Waals surface area contributed by atoms with Gasteiger partial charge < -0.3 is 29.4 Å². The van der Waals surface area contributed by atoms with Gasteiger partial charge >= 0.3 is 0 Å². The van der Waals surface area contributed by atoms with Crippen molar-refractivity contribution in [1.29, 1.82) is 0 Å². The van der Waals surface area contributed by atoms with Gasteiger partial charge in [-0.3, -0.25) is 4.79 Å². The van der Waals surface area contributed by atoms with Crippen molar-refractivity contribution in [3.63, 3.8) is 0 Å². The number of benzene rings is 4. The predicted molar refractivity (Wildman–Crippen MR) is 187 cm³/mol. The molecule has 2 atom stereocenters. The van der Waals surface area contributed by atoms with Crippen molar-refractivity contribution in [2.75, 3.05) is 34.0 Å². The summed E-state index contributed by atoms with van der Waals surface area (Å²) in [5, 5.41) is 12.2. The van der Waals surface area contributed by atoms with E-state index in [9.17, 15) is 4.79 Å². The first-order valence-electron chi connectivity index (χ1n) is 15.5. The largest absolute Gasteiger partial charge is 0.494 e. The fraction of sp³-hybridized carbons (Fsp3) is 0.263. The quantitative estimate of drug-likeness (QED) is 0.131. The summed E-state index contributed by atoms with van der Waals surface area (Å²) in [6, 6.07) is 30.9. The first-order chi connectivity index (χ1) is 23.0. The number of rotatable bonds is 15. The maximum absolute atomic E-state index is 14.4. The van der Waals surface area contributed by atoms with E-state index in [4.69, 9.17) is 29.0 Å². The zero-order valence-electron chi connectivity index (χ0n) is 26.5. The Morgan fingerprint density at radius 2 is 1.72 bits per heavy atom. The van der Waals surface area contributed by atoms with E-state index in [0.717, 1.165) is 26.7 Å². The summed E-state index contributed by atoms with van der Waals surface area (Å²) in [5.74, 6) is 2.11. The Hall–Kier alpha value is -4.60. The highest BCUT2D eigenvalue weighted by Gasteiger charge is 2.52. The van der Waals surface area contributed by atoms with E-state index in [-0.39, 0.29) is 12.5 Å². The molecule has 0 unspecified atom stereocenters. The van der Waals surface area contributed by atoms with Crippen molar-refractivity contribution in [2.45, 2.75) is 30.9 Å². The summed E-state index contributed by atoms with van der Waals surface area (Å²) < 4.78 is 24.1. The summed E-state index contributed by atoms with van der Waals surface area (Å²) >= 11 is 3.53. The number of aliphatic imine (C=N–C) groups is 1. The van der Waals surface area contributed by atoms with Gasteiger partial charge in [0.1, 0.15) is 5.75 Å². The van der Waals surface area contributed by atoms with E-state index in [2.05, 4.69) is 21.2 Å². The van der Waals surface area contributed by atoms with Gasteiger partial charge in [-0.2, -0.15) is 0 Å². The van der Waals surface area contributed by atoms with Crippen molar-refractivity contribution in [3.8, 4) is 17.2 Å². The van der Waals surface area contributed by atoms with Gasteiger partial charge in [0.2, 0.25) is 5.90 Å². The second-order valence-electron chi connectivity index (χ2n) is 11.1. The number of nitrogens with zero attached hydrogens (tertiary/aromatic N) is 1. The molecule has 5 rings (SSSR count). The van der Waals surface area contributed by atoms with Crippen LogP contribution in [-0.2, 0) is 16.0 Å². The molecule has 0 aliphatic carbocycles. The van der Waals surface area contributed by atoms with Crippen LogP contribution in [0.2, 0.25) is 0 Å². The number of hydrogen-bond acceptors (Lipinski definition) is 7. The monoisotopic (exact) mass is 698 g/mol. The molecule has 1 aliphatic heterocycles. The summed E-state index contributed by atoms with van der Waals surface area (Å²) in [4.78, 5) is 19.5. The highest BCUT2D eigenvalue weighted by atomic mass is 79.9. The highest BCUT2D eigenvalue weighted by Crippen LogP contribution is 2.43. The van der Waals surface area contributed by atoms with Gasteiger partial charge in [0.05, 0.1) is 20.8 Å². The lowest BCUT2D eigenvalue weighted by atomic mass is 9.84. The average molecular weight is 700 g/mol. The molecule has 0 saturated carbocycles. The van der Waals surface area contributed by atoms with Crippen molar-refractivity contribution < 1.29 is 28.8 Å². The lowest BCUT2D eigenvalue weighted by Gasteiger charge is -2.30. The molecule has 0 saturated heterocycles. The van der Waals surface area contributed by atoms with Crippen molar-refractivity contribution >= 4 is 33.8 Å². The third kappa shape index (κ3) is 8.41. The molecule has 47 heavy (non-hydrogen) atoms. The normalized spacial score (nSPS) is 17.2. The number of nitrogens with one attached hydrogen (secondary N) is 1. The fourth-order valence-electron chi connectivity index (χ4n) is 5.40. The number of carbonyl (C=O) groups is 1. The highest BCUT2D eigenvalue weighted by molar-refractivity contribution is 9.10. The minimum Gasteiger partial charge on any atom is -0.494 e. The van der Waals surface area contributed by atoms with Gasteiger partial charge in [-0.25, -0.2) is 4.99 Å². The number of hydrogen-bond donors (Lipinski definition) is 2. The number of halogens is 1.